The molecule has 0 aromatic heterocycles. The fourth-order valence-electron chi connectivity index (χ4n) is 0.931. The van der Waals surface area contributed by atoms with Crippen LogP contribution < -0.4 is 0 Å². The molecule has 0 aromatic carbocycles. The molecule has 1 nitrogen and oxygen atoms in total. The predicted octanol–water partition coefficient (Wildman–Crippen LogP) is 3.02. The van der Waals surface area contributed by atoms with E-state index in [1.165, 1.54) is 11.1 Å². The molecule has 0 spiro atoms. The summed E-state index contributed by atoms with van der Waals surface area (Å²) in [7, 11) is -0.793. The highest BCUT2D eigenvalue weighted by atomic mass is 32.2. The minimum Gasteiger partial charge on any atom is -0.255 e. The number of allylic oxidation sites excluding steroid dienone is 3. The first-order chi connectivity index (χ1) is 5.52. The fraction of sp³-hybridized carbons (Fsp3) is 0.600. The largest absolute Gasteiger partial charge is 0.255 e. The van der Waals surface area contributed by atoms with Gasteiger partial charge in [0.25, 0.3) is 0 Å². The van der Waals surface area contributed by atoms with Gasteiger partial charge in [-0.05, 0) is 33.6 Å². The Kier molecular flexibility index (Phi) is 5.99. The Hall–Kier alpha value is -0.370. The van der Waals surface area contributed by atoms with E-state index < -0.39 is 10.8 Å². The van der Waals surface area contributed by atoms with Crippen molar-refractivity contribution in [1.82, 2.24) is 0 Å². The number of hydrogen-bond acceptors (Lipinski definition) is 1. The van der Waals surface area contributed by atoms with E-state index in [2.05, 4.69) is 19.9 Å². The molecule has 1 atom stereocenters. The van der Waals surface area contributed by atoms with E-state index >= 15 is 0 Å². The molecular weight excluding hydrogens is 168 g/mol. The van der Waals surface area contributed by atoms with E-state index in [0.717, 1.165) is 12.8 Å². The molecule has 0 amide bonds. The smallest absolute Gasteiger partial charge is 0.0423 e. The van der Waals surface area contributed by atoms with Gasteiger partial charge in [-0.1, -0.05) is 17.2 Å². The Balaban J connectivity index is 3.79. The van der Waals surface area contributed by atoms with Crippen LogP contribution in [0.2, 0.25) is 0 Å². The molecule has 0 saturated carbocycles. The van der Waals surface area contributed by atoms with Gasteiger partial charge in [0.15, 0.2) is 0 Å². The van der Waals surface area contributed by atoms with Gasteiger partial charge in [0.2, 0.25) is 0 Å². The van der Waals surface area contributed by atoms with Crippen molar-refractivity contribution in [2.45, 2.75) is 33.6 Å². The summed E-state index contributed by atoms with van der Waals surface area (Å²) in [4.78, 5) is 0. The van der Waals surface area contributed by atoms with Crippen LogP contribution in [0.1, 0.15) is 33.6 Å². The monoisotopic (exact) mass is 186 g/mol. The average molecular weight is 186 g/mol. The standard InChI is InChI=1S/C10H18OS/c1-9(2)6-5-7-10(3)8-12(4)11/h6,8H,5,7H2,1-4H3/b10-8-. The Labute approximate surface area is 78.0 Å². The quantitative estimate of drug-likeness (QED) is 0.617. The second kappa shape index (κ2) is 6.18. The molecule has 0 aliphatic carbocycles. The third kappa shape index (κ3) is 7.73. The van der Waals surface area contributed by atoms with Crippen molar-refractivity contribution < 1.29 is 4.21 Å². The minimum absolute atomic E-state index is 0.793. The summed E-state index contributed by atoms with van der Waals surface area (Å²) < 4.78 is 10.8. The van der Waals surface area contributed by atoms with Crippen LogP contribution in [0.4, 0.5) is 0 Å². The summed E-state index contributed by atoms with van der Waals surface area (Å²) in [6.07, 6.45) is 5.98. The van der Waals surface area contributed by atoms with Gasteiger partial charge in [0.1, 0.15) is 0 Å². The SMILES string of the molecule is CC(C)=CCC/C(C)=C\S(C)=O. The van der Waals surface area contributed by atoms with E-state index in [4.69, 9.17) is 0 Å². The van der Waals surface area contributed by atoms with Gasteiger partial charge in [0.05, 0.1) is 0 Å². The Bertz CT molecular complexity index is 210. The van der Waals surface area contributed by atoms with Crippen LogP contribution in [0, 0.1) is 0 Å². The second-order valence-electron chi connectivity index (χ2n) is 3.28. The first-order valence-electron chi connectivity index (χ1n) is 4.15. The summed E-state index contributed by atoms with van der Waals surface area (Å²) in [6.45, 7) is 6.22. The summed E-state index contributed by atoms with van der Waals surface area (Å²) in [5.74, 6) is 0. The third-order valence-electron chi connectivity index (χ3n) is 1.46. The minimum atomic E-state index is -0.793. The topological polar surface area (TPSA) is 17.1 Å². The van der Waals surface area contributed by atoms with E-state index in [1.54, 1.807) is 6.26 Å². The molecule has 0 bridgehead atoms. The zero-order valence-electron chi connectivity index (χ0n) is 8.39. The van der Waals surface area contributed by atoms with Crippen molar-refractivity contribution in [3.63, 3.8) is 0 Å². The van der Waals surface area contributed by atoms with Crippen LogP contribution in [0.3, 0.4) is 0 Å². The lowest BCUT2D eigenvalue weighted by Gasteiger charge is -1.96. The zero-order chi connectivity index (χ0) is 9.56. The lowest BCUT2D eigenvalue weighted by Crippen LogP contribution is -1.82. The highest BCUT2D eigenvalue weighted by molar-refractivity contribution is 7.87. The highest BCUT2D eigenvalue weighted by Crippen LogP contribution is 2.06. The number of rotatable bonds is 4. The van der Waals surface area contributed by atoms with Gasteiger partial charge in [-0.15, -0.1) is 0 Å². The second-order valence-corrected chi connectivity index (χ2v) is 4.52. The van der Waals surface area contributed by atoms with Gasteiger partial charge >= 0.3 is 0 Å². The Morgan fingerprint density at radius 3 is 2.33 bits per heavy atom. The van der Waals surface area contributed by atoms with E-state index in [-0.39, 0.29) is 0 Å². The maximum atomic E-state index is 10.8. The molecule has 0 aliphatic heterocycles. The van der Waals surface area contributed by atoms with Gasteiger partial charge < -0.3 is 0 Å². The first-order valence-corrected chi connectivity index (χ1v) is 5.77. The highest BCUT2D eigenvalue weighted by Gasteiger charge is 1.89. The molecule has 0 heterocycles. The maximum Gasteiger partial charge on any atom is 0.0423 e. The number of hydrogen-bond donors (Lipinski definition) is 0. The molecule has 0 radical (unpaired) electrons. The summed E-state index contributed by atoms with van der Waals surface area (Å²) >= 11 is 0. The molecular formula is C10H18OS. The molecule has 12 heavy (non-hydrogen) atoms. The van der Waals surface area contributed by atoms with Crippen LogP contribution >= 0.6 is 0 Å². The normalized spacial score (nSPS) is 14.2. The van der Waals surface area contributed by atoms with Crippen molar-refractivity contribution in [2.24, 2.45) is 0 Å². The van der Waals surface area contributed by atoms with Gasteiger partial charge in [-0.25, -0.2) is 0 Å². The summed E-state index contributed by atoms with van der Waals surface area (Å²) in [5.41, 5.74) is 2.56. The van der Waals surface area contributed by atoms with Crippen LogP contribution in [-0.4, -0.2) is 10.5 Å². The van der Waals surface area contributed by atoms with E-state index in [0.29, 0.717) is 0 Å². The predicted molar refractivity (Wildman–Crippen MR) is 56.5 cm³/mol. The zero-order valence-corrected chi connectivity index (χ0v) is 9.20. The Morgan fingerprint density at radius 1 is 1.33 bits per heavy atom. The van der Waals surface area contributed by atoms with E-state index in [1.807, 2.05) is 12.3 Å². The molecule has 1 unspecified atom stereocenters. The average Bonchev–Trinajstić information content (AvgIpc) is 1.84. The van der Waals surface area contributed by atoms with Crippen molar-refractivity contribution in [3.8, 4) is 0 Å². The molecule has 2 heteroatoms. The Morgan fingerprint density at radius 2 is 1.92 bits per heavy atom. The van der Waals surface area contributed by atoms with Crippen LogP contribution in [-0.2, 0) is 10.8 Å². The summed E-state index contributed by atoms with van der Waals surface area (Å²) in [6, 6.07) is 0. The van der Waals surface area contributed by atoms with Crippen LogP contribution in [0.25, 0.3) is 0 Å². The molecule has 0 N–H and O–H groups in total. The van der Waals surface area contributed by atoms with Gasteiger partial charge in [0, 0.05) is 22.5 Å². The van der Waals surface area contributed by atoms with Gasteiger partial charge in [-0.3, -0.25) is 4.21 Å². The summed E-state index contributed by atoms with van der Waals surface area (Å²) in [5, 5.41) is 1.82. The first kappa shape index (κ1) is 11.6. The molecule has 0 fully saturated rings. The van der Waals surface area contributed by atoms with Crippen LogP contribution in [0.5, 0.6) is 0 Å². The lowest BCUT2D eigenvalue weighted by molar-refractivity contribution is 0.691. The third-order valence-corrected chi connectivity index (χ3v) is 2.19. The van der Waals surface area contributed by atoms with Crippen molar-refractivity contribution in [1.29, 1.82) is 0 Å². The van der Waals surface area contributed by atoms with Crippen molar-refractivity contribution in [3.05, 3.63) is 22.6 Å². The molecule has 0 saturated heterocycles. The molecule has 0 aliphatic rings. The van der Waals surface area contributed by atoms with Gasteiger partial charge in [-0.2, -0.15) is 0 Å². The van der Waals surface area contributed by atoms with E-state index in [9.17, 15) is 4.21 Å². The van der Waals surface area contributed by atoms with Crippen molar-refractivity contribution >= 4 is 10.8 Å². The molecule has 70 valence electrons. The maximum absolute atomic E-state index is 10.8. The van der Waals surface area contributed by atoms with Crippen molar-refractivity contribution in [2.75, 3.05) is 6.26 Å². The fourth-order valence-corrected chi connectivity index (χ4v) is 1.62. The lowest BCUT2D eigenvalue weighted by atomic mass is 10.1. The molecule has 0 aromatic rings. The molecule has 0 rings (SSSR count). The van der Waals surface area contributed by atoms with Crippen LogP contribution in [0.15, 0.2) is 22.6 Å².